The van der Waals surface area contributed by atoms with E-state index >= 15 is 0 Å². The normalized spacial score (nSPS) is 20.7. The lowest BCUT2D eigenvalue weighted by atomic mass is 10.8. The second-order valence-corrected chi connectivity index (χ2v) is 4.29. The van der Waals surface area contributed by atoms with Crippen molar-refractivity contribution in [2.75, 3.05) is 12.3 Å². The van der Waals surface area contributed by atoms with Crippen LogP contribution in [0.3, 0.4) is 0 Å². The van der Waals surface area contributed by atoms with Crippen LogP contribution in [0, 0.1) is 0 Å². The average Bonchev–Trinajstić information content (AvgIpc) is 1.22. The van der Waals surface area contributed by atoms with Gasteiger partial charge in [0, 0.05) is 6.54 Å². The summed E-state index contributed by atoms with van der Waals surface area (Å²) in [5, 5.41) is 0. The quantitative estimate of drug-likeness (QED) is 0.633. The van der Waals surface area contributed by atoms with Gasteiger partial charge in [0.1, 0.15) is 0 Å². The summed E-state index contributed by atoms with van der Waals surface area (Å²) in [7, 11) is -9.16. The first-order valence-electron chi connectivity index (χ1n) is 1.97. The van der Waals surface area contributed by atoms with Gasteiger partial charge in [-0.15, -0.1) is 0 Å². The molecule has 9 heavy (non-hydrogen) atoms. The predicted molar refractivity (Wildman–Crippen MR) is 27.1 cm³/mol. The molecule has 0 aromatic rings. The van der Waals surface area contributed by atoms with Gasteiger partial charge in [-0.25, -0.2) is 0 Å². The van der Waals surface area contributed by atoms with Crippen molar-refractivity contribution in [2.45, 2.75) is 0 Å². The summed E-state index contributed by atoms with van der Waals surface area (Å²) in [6.07, 6.45) is 0. The minimum Gasteiger partial charge on any atom is -0.329 e. The summed E-state index contributed by atoms with van der Waals surface area (Å²) >= 11 is 0. The lowest BCUT2D eigenvalue weighted by Gasteiger charge is -2.39. The molecule has 0 aliphatic rings. The van der Waals surface area contributed by atoms with Crippen LogP contribution in [0.5, 0.6) is 0 Å². The zero-order valence-corrected chi connectivity index (χ0v) is 5.11. The van der Waals surface area contributed by atoms with Gasteiger partial charge in [-0.3, -0.25) is 0 Å². The highest BCUT2D eigenvalue weighted by atomic mass is 32.5. The number of rotatable bonds is 2. The minimum absolute atomic E-state index is 1.06. The van der Waals surface area contributed by atoms with Crippen molar-refractivity contribution in [2.24, 2.45) is 5.73 Å². The van der Waals surface area contributed by atoms with Crippen molar-refractivity contribution in [1.29, 1.82) is 0 Å². The maximum atomic E-state index is 11.1. The predicted octanol–water partition coefficient (Wildman–Crippen LogP) is 2.24. The summed E-state index contributed by atoms with van der Waals surface area (Å²) < 4.78 is 55.7. The average molecular weight is 171 g/mol. The van der Waals surface area contributed by atoms with Crippen LogP contribution in [-0.2, 0) is 0 Å². The molecule has 0 aliphatic carbocycles. The molecule has 2 N–H and O–H groups in total. The zero-order chi connectivity index (χ0) is 7.82. The van der Waals surface area contributed by atoms with Crippen LogP contribution < -0.4 is 5.73 Å². The first kappa shape index (κ1) is 8.96. The standard InChI is InChI=1S/C2H6F5NS/c3-9(4,5,6,7)2-1-8/h1-2,8H2. The maximum absolute atomic E-state index is 11.1. The molecule has 0 spiro atoms. The van der Waals surface area contributed by atoms with Crippen molar-refractivity contribution < 1.29 is 19.4 Å². The minimum atomic E-state index is -9.16. The van der Waals surface area contributed by atoms with E-state index in [4.69, 9.17) is 0 Å². The molecule has 0 saturated carbocycles. The lowest BCUT2D eigenvalue weighted by molar-refractivity contribution is 0.365. The molecule has 7 heteroatoms. The monoisotopic (exact) mass is 171 g/mol. The van der Waals surface area contributed by atoms with Crippen LogP contribution in [0.15, 0.2) is 0 Å². The molecule has 0 amide bonds. The van der Waals surface area contributed by atoms with Crippen molar-refractivity contribution in [3.05, 3.63) is 0 Å². The molecule has 0 aromatic carbocycles. The van der Waals surface area contributed by atoms with Gasteiger partial charge in [-0.2, -0.15) is 0 Å². The molecular weight excluding hydrogens is 165 g/mol. The van der Waals surface area contributed by atoms with Crippen LogP contribution in [0.4, 0.5) is 19.4 Å². The Balaban J connectivity index is 4.34. The Morgan fingerprint density at radius 2 is 1.33 bits per heavy atom. The van der Waals surface area contributed by atoms with Gasteiger partial charge in [-0.1, -0.05) is 19.4 Å². The molecule has 60 valence electrons. The third-order valence-electron chi connectivity index (χ3n) is 0.504. The van der Waals surface area contributed by atoms with E-state index in [0.29, 0.717) is 0 Å². The molecule has 0 rings (SSSR count). The SMILES string of the molecule is NCCS(F)(F)(F)(F)F. The van der Waals surface area contributed by atoms with Gasteiger partial charge >= 0.3 is 0 Å². The zero-order valence-electron chi connectivity index (χ0n) is 4.29. The Kier molecular flexibility index (Phi) is 1.33. The molecule has 0 atom stereocenters. The fraction of sp³-hybridized carbons (Fsp3) is 1.00. The number of nitrogens with two attached hydrogens (primary N) is 1. The molecule has 0 bridgehead atoms. The lowest BCUT2D eigenvalue weighted by Crippen LogP contribution is -2.18. The van der Waals surface area contributed by atoms with Crippen molar-refractivity contribution in [1.82, 2.24) is 0 Å². The highest BCUT2D eigenvalue weighted by Crippen LogP contribution is 2.97. The van der Waals surface area contributed by atoms with E-state index < -0.39 is 22.5 Å². The number of hydrogen-bond donors (Lipinski definition) is 1. The Bertz CT molecular complexity index is 109. The van der Waals surface area contributed by atoms with Crippen LogP contribution >= 0.6 is 10.2 Å². The highest BCUT2D eigenvalue weighted by molar-refractivity contribution is 8.45. The second kappa shape index (κ2) is 1.34. The number of hydrogen-bond acceptors (Lipinski definition) is 1. The van der Waals surface area contributed by atoms with E-state index in [1.165, 1.54) is 0 Å². The van der Waals surface area contributed by atoms with Crippen molar-refractivity contribution in [3.8, 4) is 0 Å². The van der Waals surface area contributed by atoms with E-state index in [0.717, 1.165) is 0 Å². The molecule has 1 nitrogen and oxygen atoms in total. The first-order chi connectivity index (χ1) is 3.54. The van der Waals surface area contributed by atoms with Crippen molar-refractivity contribution in [3.63, 3.8) is 0 Å². The third-order valence-corrected chi connectivity index (χ3v) is 1.51. The topological polar surface area (TPSA) is 26.0 Å². The Hall–Kier alpha value is -0.0400. The first-order valence-corrected chi connectivity index (χ1v) is 4.09. The van der Waals surface area contributed by atoms with Crippen LogP contribution in [-0.4, -0.2) is 12.3 Å². The van der Waals surface area contributed by atoms with Gasteiger partial charge in [0.05, 0.1) is 5.75 Å². The Labute approximate surface area is 48.7 Å². The smallest absolute Gasteiger partial charge is 0.287 e. The number of halogens is 5. The maximum Gasteiger partial charge on any atom is 0.287 e. The van der Waals surface area contributed by atoms with Gasteiger partial charge < -0.3 is 5.73 Å². The van der Waals surface area contributed by atoms with E-state index in [1.54, 1.807) is 0 Å². The molecule has 0 aromatic heterocycles. The van der Waals surface area contributed by atoms with Gasteiger partial charge in [-0.05, 0) is 0 Å². The van der Waals surface area contributed by atoms with E-state index in [2.05, 4.69) is 5.73 Å². The summed E-state index contributed by atoms with van der Waals surface area (Å²) in [4.78, 5) is 0. The largest absolute Gasteiger partial charge is 0.329 e. The fourth-order valence-electron chi connectivity index (χ4n) is 0.223. The van der Waals surface area contributed by atoms with E-state index in [9.17, 15) is 19.4 Å². The van der Waals surface area contributed by atoms with E-state index in [1.807, 2.05) is 0 Å². The molecule has 0 fully saturated rings. The molecule has 0 radical (unpaired) electrons. The molecule has 0 heterocycles. The summed E-state index contributed by atoms with van der Waals surface area (Å²) in [5.41, 5.74) is 4.31. The summed E-state index contributed by atoms with van der Waals surface area (Å²) in [5.74, 6) is -2.17. The Morgan fingerprint density at radius 3 is 1.33 bits per heavy atom. The highest BCUT2D eigenvalue weighted by Gasteiger charge is 2.62. The van der Waals surface area contributed by atoms with Gasteiger partial charge in [0.2, 0.25) is 0 Å². The fourth-order valence-corrected chi connectivity index (χ4v) is 0.668. The summed E-state index contributed by atoms with van der Waals surface area (Å²) in [6.45, 7) is -1.06. The van der Waals surface area contributed by atoms with Crippen LogP contribution in [0.25, 0.3) is 0 Å². The van der Waals surface area contributed by atoms with Crippen LogP contribution in [0.1, 0.15) is 0 Å². The Morgan fingerprint density at radius 1 is 1.00 bits per heavy atom. The van der Waals surface area contributed by atoms with Gasteiger partial charge in [0.25, 0.3) is 10.2 Å². The molecule has 0 unspecified atom stereocenters. The molecule has 0 aliphatic heterocycles. The van der Waals surface area contributed by atoms with Crippen molar-refractivity contribution >= 4 is 10.2 Å². The summed E-state index contributed by atoms with van der Waals surface area (Å²) in [6, 6.07) is 0. The van der Waals surface area contributed by atoms with Crippen LogP contribution in [0.2, 0.25) is 0 Å². The third kappa shape index (κ3) is 7.96. The van der Waals surface area contributed by atoms with E-state index in [-0.39, 0.29) is 0 Å². The van der Waals surface area contributed by atoms with Gasteiger partial charge in [0.15, 0.2) is 0 Å². The second-order valence-electron chi connectivity index (χ2n) is 1.62. The molecule has 0 saturated heterocycles. The molecular formula is C2H6F5NS.